The number of fused-ring (bicyclic) bond motifs is 1. The van der Waals surface area contributed by atoms with Crippen LogP contribution < -0.4 is 9.47 Å². The number of nitrogens with zero attached hydrogens (tertiary/aromatic N) is 4. The van der Waals surface area contributed by atoms with Gasteiger partial charge in [-0.15, -0.1) is 10.2 Å². The van der Waals surface area contributed by atoms with Gasteiger partial charge >= 0.3 is 0 Å². The molecule has 28 heavy (non-hydrogen) atoms. The first-order valence-electron chi connectivity index (χ1n) is 8.68. The Bertz CT molecular complexity index is 1040. The summed E-state index contributed by atoms with van der Waals surface area (Å²) in [6.45, 7) is 3.79. The van der Waals surface area contributed by atoms with Crippen LogP contribution in [0.1, 0.15) is 22.2 Å². The zero-order valence-corrected chi connectivity index (χ0v) is 16.2. The van der Waals surface area contributed by atoms with E-state index in [1.807, 2.05) is 48.7 Å². The third kappa shape index (κ3) is 3.65. The van der Waals surface area contributed by atoms with Gasteiger partial charge in [-0.25, -0.2) is 0 Å². The van der Waals surface area contributed by atoms with Gasteiger partial charge in [-0.2, -0.15) is 0 Å². The van der Waals surface area contributed by atoms with Crippen LogP contribution in [0, 0.1) is 24.0 Å². The summed E-state index contributed by atoms with van der Waals surface area (Å²) >= 11 is 1.32. The van der Waals surface area contributed by atoms with E-state index in [0.717, 1.165) is 22.6 Å². The number of hydrogen-bond acceptors (Lipinski definition) is 7. The molecule has 2 aromatic carbocycles. The second-order valence-corrected chi connectivity index (χ2v) is 7.61. The number of ether oxygens (including phenoxy) is 2. The lowest BCUT2D eigenvalue weighted by atomic mass is 10.1. The second kappa shape index (κ2) is 7.51. The van der Waals surface area contributed by atoms with E-state index in [1.165, 1.54) is 11.8 Å². The van der Waals surface area contributed by atoms with E-state index in [1.54, 1.807) is 12.1 Å². The molecule has 1 aliphatic rings. The molecule has 0 bridgehead atoms. The van der Waals surface area contributed by atoms with Crippen molar-refractivity contribution in [3.63, 3.8) is 0 Å². The summed E-state index contributed by atoms with van der Waals surface area (Å²) in [6, 6.07) is 13.4. The Kier molecular flexibility index (Phi) is 4.91. The van der Waals surface area contributed by atoms with Crippen molar-refractivity contribution in [2.24, 2.45) is 0 Å². The van der Waals surface area contributed by atoms with Crippen LogP contribution in [0.15, 0.2) is 47.6 Å². The maximum absolute atomic E-state index is 11.3. The first kappa shape index (κ1) is 18.3. The quantitative estimate of drug-likeness (QED) is 0.355. The molecule has 0 unspecified atom stereocenters. The Morgan fingerprint density at radius 1 is 1.18 bits per heavy atom. The zero-order chi connectivity index (χ0) is 19.7. The van der Waals surface area contributed by atoms with Gasteiger partial charge in [0.2, 0.25) is 13.3 Å². The summed E-state index contributed by atoms with van der Waals surface area (Å²) in [6.07, 6.45) is 0. The number of nitro groups is 1. The Hall–Kier alpha value is -3.07. The molecular weight excluding hydrogens is 380 g/mol. The number of aromatic nitrogens is 3. The van der Waals surface area contributed by atoms with Crippen LogP contribution in [0.2, 0.25) is 0 Å². The molecule has 8 nitrogen and oxygen atoms in total. The Morgan fingerprint density at radius 3 is 2.79 bits per heavy atom. The molecule has 1 aliphatic heterocycles. The number of aryl methyl sites for hydroxylation is 2. The second-order valence-electron chi connectivity index (χ2n) is 6.44. The fraction of sp³-hybridized carbons (Fsp3) is 0.263. The molecule has 3 aromatic rings. The van der Waals surface area contributed by atoms with Crippen molar-refractivity contribution in [3.05, 3.63) is 69.5 Å². The number of hydrogen-bond donors (Lipinski definition) is 0. The predicted octanol–water partition coefficient (Wildman–Crippen LogP) is 3.72. The summed E-state index contributed by atoms with van der Waals surface area (Å²) in [4.78, 5) is 11.0. The van der Waals surface area contributed by atoms with Crippen LogP contribution in [-0.4, -0.2) is 33.0 Å². The van der Waals surface area contributed by atoms with Crippen LogP contribution in [0.3, 0.4) is 0 Å². The van der Waals surface area contributed by atoms with Crippen molar-refractivity contribution in [1.29, 1.82) is 0 Å². The van der Waals surface area contributed by atoms with Crippen LogP contribution in [0.25, 0.3) is 5.69 Å². The van der Waals surface area contributed by atoms with E-state index in [9.17, 15) is 10.1 Å². The summed E-state index contributed by atoms with van der Waals surface area (Å²) in [5.74, 6) is 1.97. The Balaban J connectivity index is 1.69. The molecular formula is C19H18N4O4S. The van der Waals surface area contributed by atoms with Gasteiger partial charge in [0, 0.05) is 10.6 Å². The van der Waals surface area contributed by atoms with E-state index in [-0.39, 0.29) is 18.3 Å². The van der Waals surface area contributed by atoms with Crippen molar-refractivity contribution in [1.82, 2.24) is 14.8 Å². The minimum absolute atomic E-state index is 0.159. The van der Waals surface area contributed by atoms with Crippen molar-refractivity contribution < 1.29 is 14.4 Å². The lowest BCUT2D eigenvalue weighted by molar-refractivity contribution is -0.479. The van der Waals surface area contributed by atoms with Gasteiger partial charge in [-0.05, 0) is 49.2 Å². The number of benzene rings is 2. The number of rotatable bonds is 6. The summed E-state index contributed by atoms with van der Waals surface area (Å²) in [7, 11) is 0. The van der Waals surface area contributed by atoms with Crippen molar-refractivity contribution in [3.8, 4) is 17.2 Å². The van der Waals surface area contributed by atoms with Gasteiger partial charge in [-0.3, -0.25) is 14.7 Å². The normalized spacial score (nSPS) is 13.5. The SMILES string of the molecule is Cc1cccc(-n2c(C)nnc2S[C@@H](C[N+](=O)[O-])c2ccc3c(c2)OCO3)c1. The molecule has 0 aliphatic carbocycles. The molecule has 0 radical (unpaired) electrons. The average molecular weight is 398 g/mol. The van der Waals surface area contributed by atoms with E-state index >= 15 is 0 Å². The van der Waals surface area contributed by atoms with Gasteiger partial charge < -0.3 is 9.47 Å². The summed E-state index contributed by atoms with van der Waals surface area (Å²) < 4.78 is 12.7. The third-order valence-corrected chi connectivity index (χ3v) is 5.57. The lowest BCUT2D eigenvalue weighted by Gasteiger charge is -2.15. The third-order valence-electron chi connectivity index (χ3n) is 4.39. The molecule has 0 saturated heterocycles. The highest BCUT2D eigenvalue weighted by atomic mass is 32.2. The largest absolute Gasteiger partial charge is 0.454 e. The number of thioether (sulfide) groups is 1. The molecule has 0 N–H and O–H groups in total. The van der Waals surface area contributed by atoms with Gasteiger partial charge in [0.25, 0.3) is 0 Å². The molecule has 9 heteroatoms. The van der Waals surface area contributed by atoms with Crippen molar-refractivity contribution in [2.75, 3.05) is 13.3 Å². The maximum atomic E-state index is 11.3. The topological polar surface area (TPSA) is 92.3 Å². The molecule has 0 fully saturated rings. The molecule has 144 valence electrons. The molecule has 0 spiro atoms. The minimum Gasteiger partial charge on any atom is -0.454 e. The molecule has 1 aromatic heterocycles. The Labute approximate surface area is 165 Å². The van der Waals surface area contributed by atoms with Crippen molar-refractivity contribution >= 4 is 11.8 Å². The zero-order valence-electron chi connectivity index (χ0n) is 15.4. The van der Waals surface area contributed by atoms with Crippen LogP contribution >= 0.6 is 11.8 Å². The molecule has 0 saturated carbocycles. The maximum Gasteiger partial charge on any atom is 0.231 e. The van der Waals surface area contributed by atoms with Gasteiger partial charge in [-0.1, -0.05) is 30.0 Å². The fourth-order valence-electron chi connectivity index (χ4n) is 3.07. The highest BCUT2D eigenvalue weighted by Gasteiger charge is 2.26. The highest BCUT2D eigenvalue weighted by Crippen LogP contribution is 2.40. The smallest absolute Gasteiger partial charge is 0.231 e. The van der Waals surface area contributed by atoms with Gasteiger partial charge in [0.05, 0.1) is 0 Å². The van der Waals surface area contributed by atoms with Gasteiger partial charge in [0.1, 0.15) is 11.1 Å². The first-order chi connectivity index (χ1) is 13.5. The van der Waals surface area contributed by atoms with E-state index in [4.69, 9.17) is 9.47 Å². The van der Waals surface area contributed by atoms with Crippen LogP contribution in [0.5, 0.6) is 11.5 Å². The van der Waals surface area contributed by atoms with E-state index < -0.39 is 5.25 Å². The monoisotopic (exact) mass is 398 g/mol. The van der Waals surface area contributed by atoms with Crippen LogP contribution in [-0.2, 0) is 0 Å². The molecule has 1 atom stereocenters. The first-order valence-corrected chi connectivity index (χ1v) is 9.56. The van der Waals surface area contributed by atoms with Gasteiger partial charge in [0.15, 0.2) is 16.7 Å². The average Bonchev–Trinajstić information content (AvgIpc) is 3.26. The molecule has 0 amide bonds. The summed E-state index contributed by atoms with van der Waals surface area (Å²) in [5.41, 5.74) is 2.82. The van der Waals surface area contributed by atoms with E-state index in [2.05, 4.69) is 10.2 Å². The van der Waals surface area contributed by atoms with E-state index in [0.29, 0.717) is 16.7 Å². The molecule has 2 heterocycles. The Morgan fingerprint density at radius 2 is 2.00 bits per heavy atom. The van der Waals surface area contributed by atoms with Crippen LogP contribution in [0.4, 0.5) is 0 Å². The highest BCUT2D eigenvalue weighted by molar-refractivity contribution is 7.99. The fourth-order valence-corrected chi connectivity index (χ4v) is 4.23. The predicted molar refractivity (Wildman–Crippen MR) is 104 cm³/mol. The van der Waals surface area contributed by atoms with Crippen molar-refractivity contribution in [2.45, 2.75) is 24.3 Å². The summed E-state index contributed by atoms with van der Waals surface area (Å²) in [5, 5.41) is 19.9. The standard InChI is InChI=1S/C19H18N4O4S/c1-12-4-3-5-15(8-12)23-13(2)20-21-19(23)28-18(10-22(24)25)14-6-7-16-17(9-14)27-11-26-16/h3-9,18H,10-11H2,1-2H3/t18-/m0/s1. The molecule has 4 rings (SSSR count). The minimum atomic E-state index is -0.448. The lowest BCUT2D eigenvalue weighted by Crippen LogP contribution is -2.11.